The molecule has 14 heavy (non-hydrogen) atoms. The second-order valence-electron chi connectivity index (χ2n) is 3.24. The summed E-state index contributed by atoms with van der Waals surface area (Å²) in [5.41, 5.74) is 5.31. The Morgan fingerprint density at radius 1 is 1.64 bits per heavy atom. The first-order valence-electron chi connectivity index (χ1n) is 4.45. The Labute approximate surface area is 80.5 Å². The second kappa shape index (κ2) is 3.52. The summed E-state index contributed by atoms with van der Waals surface area (Å²) in [6.45, 7) is 0.174. The molecular formula is C7H12N6O. The highest BCUT2D eigenvalue weighted by atomic mass is 16.2. The van der Waals surface area contributed by atoms with Crippen LogP contribution in [0.1, 0.15) is 12.8 Å². The molecule has 0 atom stereocenters. The van der Waals surface area contributed by atoms with Crippen molar-refractivity contribution in [3.63, 3.8) is 0 Å². The number of aromatic amines is 1. The molecule has 7 nitrogen and oxygen atoms in total. The number of rotatable bonds is 4. The summed E-state index contributed by atoms with van der Waals surface area (Å²) in [6.07, 6.45) is 2.17. The summed E-state index contributed by atoms with van der Waals surface area (Å²) in [5, 5.41) is 11.8. The van der Waals surface area contributed by atoms with Gasteiger partial charge >= 0.3 is 0 Å². The molecular weight excluding hydrogens is 184 g/mol. The number of hydrogen-bond acceptors (Lipinski definition) is 5. The first-order chi connectivity index (χ1) is 6.74. The molecule has 0 saturated heterocycles. The van der Waals surface area contributed by atoms with Gasteiger partial charge < -0.3 is 16.4 Å². The summed E-state index contributed by atoms with van der Waals surface area (Å²) < 4.78 is 0. The number of amides is 1. The average Bonchev–Trinajstić information content (AvgIpc) is 2.85. The standard InChI is InChI=1S/C7H12N6O/c8-6-11-7(13-12-6)9-3-5(14)10-4-1-2-4/h4H,1-3H2,(H,10,14)(H4,8,9,11,12,13). The zero-order valence-electron chi connectivity index (χ0n) is 7.58. The van der Waals surface area contributed by atoms with E-state index in [4.69, 9.17) is 5.73 Å². The lowest BCUT2D eigenvalue weighted by molar-refractivity contribution is -0.119. The Morgan fingerprint density at radius 2 is 2.43 bits per heavy atom. The minimum Gasteiger partial charge on any atom is -0.368 e. The molecule has 1 aliphatic carbocycles. The van der Waals surface area contributed by atoms with Crippen LogP contribution < -0.4 is 16.4 Å². The van der Waals surface area contributed by atoms with Gasteiger partial charge in [0.25, 0.3) is 0 Å². The molecule has 0 aliphatic heterocycles. The van der Waals surface area contributed by atoms with Crippen LogP contribution in [-0.4, -0.2) is 33.7 Å². The van der Waals surface area contributed by atoms with Gasteiger partial charge in [0.05, 0.1) is 6.54 Å². The number of nitrogens with two attached hydrogens (primary N) is 1. The molecule has 1 aliphatic rings. The fourth-order valence-corrected chi connectivity index (χ4v) is 1.02. The number of anilines is 2. The van der Waals surface area contributed by atoms with Crippen molar-refractivity contribution in [2.45, 2.75) is 18.9 Å². The molecule has 0 radical (unpaired) electrons. The zero-order valence-corrected chi connectivity index (χ0v) is 7.58. The topological polar surface area (TPSA) is 109 Å². The zero-order chi connectivity index (χ0) is 9.97. The third kappa shape index (κ3) is 2.35. The highest BCUT2D eigenvalue weighted by molar-refractivity contribution is 5.80. The van der Waals surface area contributed by atoms with Crippen molar-refractivity contribution in [3.8, 4) is 0 Å². The van der Waals surface area contributed by atoms with Crippen molar-refractivity contribution >= 4 is 17.8 Å². The molecule has 1 fully saturated rings. The molecule has 76 valence electrons. The highest BCUT2D eigenvalue weighted by Gasteiger charge is 2.22. The van der Waals surface area contributed by atoms with E-state index >= 15 is 0 Å². The van der Waals surface area contributed by atoms with Crippen molar-refractivity contribution in [3.05, 3.63) is 0 Å². The fraction of sp³-hybridized carbons (Fsp3) is 0.571. The van der Waals surface area contributed by atoms with Gasteiger partial charge in [-0.15, -0.1) is 5.10 Å². The summed E-state index contributed by atoms with van der Waals surface area (Å²) in [7, 11) is 0. The SMILES string of the molecule is Nc1nc(NCC(=O)NC2CC2)n[nH]1. The van der Waals surface area contributed by atoms with Crippen LogP contribution in [0.5, 0.6) is 0 Å². The molecule has 1 aromatic heterocycles. The van der Waals surface area contributed by atoms with Crippen molar-refractivity contribution < 1.29 is 4.79 Å². The molecule has 1 saturated carbocycles. The van der Waals surface area contributed by atoms with E-state index in [0.717, 1.165) is 12.8 Å². The Kier molecular flexibility index (Phi) is 2.21. The van der Waals surface area contributed by atoms with Crippen molar-refractivity contribution in [2.24, 2.45) is 0 Å². The molecule has 5 N–H and O–H groups in total. The number of hydrogen-bond donors (Lipinski definition) is 4. The van der Waals surface area contributed by atoms with E-state index in [1.165, 1.54) is 0 Å². The van der Waals surface area contributed by atoms with E-state index in [-0.39, 0.29) is 18.4 Å². The largest absolute Gasteiger partial charge is 0.368 e. The number of carbonyl (C=O) groups excluding carboxylic acids is 1. The third-order valence-electron chi connectivity index (χ3n) is 1.85. The van der Waals surface area contributed by atoms with Gasteiger partial charge in [0.2, 0.25) is 17.8 Å². The van der Waals surface area contributed by atoms with Crippen LogP contribution in [0.4, 0.5) is 11.9 Å². The van der Waals surface area contributed by atoms with Crippen LogP contribution in [0.3, 0.4) is 0 Å². The number of nitrogen functional groups attached to an aromatic ring is 1. The Balaban J connectivity index is 1.73. The fourth-order valence-electron chi connectivity index (χ4n) is 1.02. The van der Waals surface area contributed by atoms with Gasteiger partial charge in [-0.3, -0.25) is 4.79 Å². The van der Waals surface area contributed by atoms with Gasteiger partial charge in [0, 0.05) is 6.04 Å². The van der Waals surface area contributed by atoms with Gasteiger partial charge in [0.15, 0.2) is 0 Å². The van der Waals surface area contributed by atoms with Gasteiger partial charge in [-0.05, 0) is 12.8 Å². The van der Waals surface area contributed by atoms with Gasteiger partial charge in [-0.1, -0.05) is 0 Å². The first kappa shape index (κ1) is 8.79. The summed E-state index contributed by atoms with van der Waals surface area (Å²) >= 11 is 0. The average molecular weight is 196 g/mol. The molecule has 1 heterocycles. The second-order valence-corrected chi connectivity index (χ2v) is 3.24. The molecule has 0 unspecified atom stereocenters. The van der Waals surface area contributed by atoms with Crippen LogP contribution >= 0.6 is 0 Å². The Hall–Kier alpha value is -1.79. The third-order valence-corrected chi connectivity index (χ3v) is 1.85. The first-order valence-corrected chi connectivity index (χ1v) is 4.45. The number of carbonyl (C=O) groups is 1. The van der Waals surface area contributed by atoms with Crippen LogP contribution in [0.25, 0.3) is 0 Å². The molecule has 2 rings (SSSR count). The summed E-state index contributed by atoms with van der Waals surface area (Å²) in [5.74, 6) is 0.527. The van der Waals surface area contributed by atoms with Crippen LogP contribution in [0, 0.1) is 0 Å². The predicted molar refractivity (Wildman–Crippen MR) is 50.4 cm³/mol. The molecule has 0 spiro atoms. The quantitative estimate of drug-likeness (QED) is 0.498. The molecule has 0 bridgehead atoms. The lowest BCUT2D eigenvalue weighted by Gasteiger charge is -2.02. The molecule has 0 aromatic carbocycles. The van der Waals surface area contributed by atoms with E-state index in [0.29, 0.717) is 12.0 Å². The van der Waals surface area contributed by atoms with E-state index in [1.807, 2.05) is 0 Å². The monoisotopic (exact) mass is 196 g/mol. The van der Waals surface area contributed by atoms with E-state index < -0.39 is 0 Å². The predicted octanol–water partition coefficient (Wildman–Crippen LogP) is -0.923. The number of nitrogens with one attached hydrogen (secondary N) is 3. The van der Waals surface area contributed by atoms with E-state index in [1.54, 1.807) is 0 Å². The summed E-state index contributed by atoms with van der Waals surface area (Å²) in [4.78, 5) is 15.0. The van der Waals surface area contributed by atoms with Crippen molar-refractivity contribution in [1.29, 1.82) is 0 Å². The smallest absolute Gasteiger partial charge is 0.244 e. The van der Waals surface area contributed by atoms with E-state index in [2.05, 4.69) is 25.8 Å². The maximum atomic E-state index is 11.2. The molecule has 7 heteroatoms. The lowest BCUT2D eigenvalue weighted by Crippen LogP contribution is -2.31. The van der Waals surface area contributed by atoms with Crippen LogP contribution in [-0.2, 0) is 4.79 Å². The number of aromatic nitrogens is 3. The van der Waals surface area contributed by atoms with Crippen LogP contribution in [0.2, 0.25) is 0 Å². The highest BCUT2D eigenvalue weighted by Crippen LogP contribution is 2.18. The Morgan fingerprint density at radius 3 is 3.00 bits per heavy atom. The van der Waals surface area contributed by atoms with E-state index in [9.17, 15) is 4.79 Å². The normalized spacial score (nSPS) is 15.1. The maximum Gasteiger partial charge on any atom is 0.244 e. The summed E-state index contributed by atoms with van der Waals surface area (Å²) in [6, 6.07) is 0.376. The van der Waals surface area contributed by atoms with Gasteiger partial charge in [-0.25, -0.2) is 5.10 Å². The van der Waals surface area contributed by atoms with Gasteiger partial charge in [-0.2, -0.15) is 4.98 Å². The number of nitrogens with zero attached hydrogens (tertiary/aromatic N) is 2. The molecule has 1 amide bonds. The minimum atomic E-state index is -0.0455. The van der Waals surface area contributed by atoms with Crippen molar-refractivity contribution in [1.82, 2.24) is 20.5 Å². The van der Waals surface area contributed by atoms with Crippen LogP contribution in [0.15, 0.2) is 0 Å². The van der Waals surface area contributed by atoms with Crippen molar-refractivity contribution in [2.75, 3.05) is 17.6 Å². The molecule has 1 aromatic rings. The maximum absolute atomic E-state index is 11.2. The minimum absolute atomic E-state index is 0.0455. The Bertz CT molecular complexity index is 331. The number of H-pyrrole nitrogens is 1. The van der Waals surface area contributed by atoms with Gasteiger partial charge in [0.1, 0.15) is 0 Å². The lowest BCUT2D eigenvalue weighted by atomic mass is 10.5.